The molecule has 0 heterocycles. The van der Waals surface area contributed by atoms with Gasteiger partial charge in [0, 0.05) is 5.69 Å². The molecule has 2 aromatic rings. The lowest BCUT2D eigenvalue weighted by Crippen LogP contribution is -2.02. The average Bonchev–Trinajstić information content (AvgIpc) is 2.36. The van der Waals surface area contributed by atoms with Crippen molar-refractivity contribution >= 4 is 50.3 Å². The standard InChI is InChI=1S/C12H9BrClF2N3/c13-6-3-5(1-2-7(6)15)19-12-9(18)4-8(17)10(14)11(12)16/h1-4,19H,17-18H2. The molecule has 2 aromatic carbocycles. The van der Waals surface area contributed by atoms with Crippen LogP contribution in [0.4, 0.5) is 31.5 Å². The molecule has 0 aliphatic carbocycles. The Morgan fingerprint density at radius 2 is 1.79 bits per heavy atom. The number of anilines is 4. The summed E-state index contributed by atoms with van der Waals surface area (Å²) in [6, 6.07) is 5.49. The van der Waals surface area contributed by atoms with Crippen LogP contribution in [0.15, 0.2) is 28.7 Å². The zero-order valence-corrected chi connectivity index (χ0v) is 11.8. The fraction of sp³-hybridized carbons (Fsp3) is 0. The fourth-order valence-corrected chi connectivity index (χ4v) is 2.04. The van der Waals surface area contributed by atoms with E-state index in [4.69, 9.17) is 23.1 Å². The summed E-state index contributed by atoms with van der Waals surface area (Å²) in [6.45, 7) is 0. The number of halogens is 4. The Hall–Kier alpha value is -1.53. The van der Waals surface area contributed by atoms with Gasteiger partial charge in [-0.15, -0.1) is 0 Å². The van der Waals surface area contributed by atoms with Crippen LogP contribution in [0, 0.1) is 11.6 Å². The van der Waals surface area contributed by atoms with Crippen molar-refractivity contribution < 1.29 is 8.78 Å². The molecule has 0 spiro atoms. The van der Waals surface area contributed by atoms with Crippen LogP contribution in [0.5, 0.6) is 0 Å². The number of benzene rings is 2. The van der Waals surface area contributed by atoms with E-state index in [2.05, 4.69) is 21.2 Å². The van der Waals surface area contributed by atoms with Crippen LogP contribution in [-0.4, -0.2) is 0 Å². The van der Waals surface area contributed by atoms with Gasteiger partial charge in [-0.1, -0.05) is 11.6 Å². The minimum atomic E-state index is -0.750. The summed E-state index contributed by atoms with van der Waals surface area (Å²) in [7, 11) is 0. The topological polar surface area (TPSA) is 64.1 Å². The summed E-state index contributed by atoms with van der Waals surface area (Å²) < 4.78 is 27.3. The number of nitrogens with two attached hydrogens (primary N) is 2. The molecule has 0 amide bonds. The molecule has 3 nitrogen and oxygen atoms in total. The monoisotopic (exact) mass is 347 g/mol. The smallest absolute Gasteiger partial charge is 0.169 e. The van der Waals surface area contributed by atoms with E-state index in [0.717, 1.165) is 0 Å². The van der Waals surface area contributed by atoms with Crippen molar-refractivity contribution in [2.24, 2.45) is 0 Å². The van der Waals surface area contributed by atoms with Gasteiger partial charge in [-0.3, -0.25) is 0 Å². The molecule has 0 saturated heterocycles. The van der Waals surface area contributed by atoms with Crippen LogP contribution >= 0.6 is 27.5 Å². The van der Waals surface area contributed by atoms with E-state index in [1.54, 1.807) is 0 Å². The molecule has 0 atom stereocenters. The van der Waals surface area contributed by atoms with E-state index in [9.17, 15) is 8.78 Å². The molecule has 19 heavy (non-hydrogen) atoms. The van der Waals surface area contributed by atoms with Crippen LogP contribution in [0.25, 0.3) is 0 Å². The summed E-state index contributed by atoms with van der Waals surface area (Å²) in [4.78, 5) is 0. The number of nitrogens with one attached hydrogen (secondary N) is 1. The first-order valence-corrected chi connectivity index (χ1v) is 6.32. The van der Waals surface area contributed by atoms with Gasteiger partial charge in [0.2, 0.25) is 0 Å². The Balaban J connectivity index is 2.43. The van der Waals surface area contributed by atoms with E-state index in [-0.39, 0.29) is 26.6 Å². The Morgan fingerprint density at radius 1 is 1.11 bits per heavy atom. The molecule has 0 saturated carbocycles. The van der Waals surface area contributed by atoms with Gasteiger partial charge < -0.3 is 16.8 Å². The molecular formula is C12H9BrClF2N3. The Kier molecular flexibility index (Phi) is 3.82. The lowest BCUT2D eigenvalue weighted by Gasteiger charge is -2.13. The molecular weight excluding hydrogens is 340 g/mol. The lowest BCUT2D eigenvalue weighted by molar-refractivity contribution is 0.621. The minimum Gasteiger partial charge on any atom is -0.397 e. The second-order valence-electron chi connectivity index (χ2n) is 3.81. The van der Waals surface area contributed by atoms with E-state index in [0.29, 0.717) is 5.69 Å². The van der Waals surface area contributed by atoms with Crippen LogP contribution < -0.4 is 16.8 Å². The largest absolute Gasteiger partial charge is 0.397 e. The zero-order valence-electron chi connectivity index (χ0n) is 9.48. The third-order valence-corrected chi connectivity index (χ3v) is 3.45. The highest BCUT2D eigenvalue weighted by Gasteiger charge is 2.14. The van der Waals surface area contributed by atoms with Gasteiger partial charge in [-0.05, 0) is 40.2 Å². The van der Waals surface area contributed by atoms with Crippen LogP contribution in [0.1, 0.15) is 0 Å². The maximum absolute atomic E-state index is 13.9. The molecule has 0 radical (unpaired) electrons. The van der Waals surface area contributed by atoms with Crippen LogP contribution in [0.3, 0.4) is 0 Å². The third kappa shape index (κ3) is 2.74. The van der Waals surface area contributed by atoms with Gasteiger partial charge in [0.25, 0.3) is 0 Å². The second kappa shape index (κ2) is 5.22. The van der Waals surface area contributed by atoms with E-state index in [1.165, 1.54) is 24.3 Å². The minimum absolute atomic E-state index is 0.00212. The molecule has 2 rings (SSSR count). The van der Waals surface area contributed by atoms with Crippen molar-refractivity contribution in [3.05, 3.63) is 45.4 Å². The summed E-state index contributed by atoms with van der Waals surface area (Å²) in [5, 5.41) is 2.53. The zero-order chi connectivity index (χ0) is 14.2. The van der Waals surface area contributed by atoms with Crippen molar-refractivity contribution in [2.75, 3.05) is 16.8 Å². The maximum atomic E-state index is 13.9. The average molecular weight is 349 g/mol. The van der Waals surface area contributed by atoms with Crippen molar-refractivity contribution in [1.29, 1.82) is 0 Å². The summed E-state index contributed by atoms with van der Waals surface area (Å²) in [6.07, 6.45) is 0. The van der Waals surface area contributed by atoms with Gasteiger partial charge in [-0.2, -0.15) is 0 Å². The van der Waals surface area contributed by atoms with Crippen molar-refractivity contribution in [3.8, 4) is 0 Å². The van der Waals surface area contributed by atoms with Gasteiger partial charge in [0.05, 0.1) is 21.5 Å². The first-order valence-electron chi connectivity index (χ1n) is 5.15. The van der Waals surface area contributed by atoms with Crippen LogP contribution in [-0.2, 0) is 0 Å². The van der Waals surface area contributed by atoms with Gasteiger partial charge in [-0.25, -0.2) is 8.78 Å². The predicted octanol–water partition coefficient (Wildman–Crippen LogP) is 4.29. The highest BCUT2D eigenvalue weighted by Crippen LogP contribution is 2.35. The number of rotatable bonds is 2. The summed E-state index contributed by atoms with van der Waals surface area (Å²) >= 11 is 8.75. The first kappa shape index (κ1) is 13.9. The van der Waals surface area contributed by atoms with E-state index < -0.39 is 11.6 Å². The van der Waals surface area contributed by atoms with Crippen molar-refractivity contribution in [2.45, 2.75) is 0 Å². The Bertz CT molecular complexity index is 649. The second-order valence-corrected chi connectivity index (χ2v) is 5.04. The van der Waals surface area contributed by atoms with Crippen LogP contribution in [0.2, 0.25) is 5.02 Å². The molecule has 0 fully saturated rings. The lowest BCUT2D eigenvalue weighted by atomic mass is 10.2. The molecule has 0 bridgehead atoms. The summed E-state index contributed by atoms with van der Waals surface area (Å²) in [5.74, 6) is -1.17. The quantitative estimate of drug-likeness (QED) is 0.709. The number of hydrogen-bond acceptors (Lipinski definition) is 3. The normalized spacial score (nSPS) is 10.5. The molecule has 0 aliphatic heterocycles. The molecule has 100 valence electrons. The van der Waals surface area contributed by atoms with Gasteiger partial charge in [0.15, 0.2) is 5.82 Å². The maximum Gasteiger partial charge on any atom is 0.169 e. The highest BCUT2D eigenvalue weighted by molar-refractivity contribution is 9.10. The fourth-order valence-electron chi connectivity index (χ4n) is 1.51. The Labute approximate surface area is 121 Å². The summed E-state index contributed by atoms with van der Waals surface area (Å²) in [5.41, 5.74) is 11.8. The number of nitrogen functional groups attached to an aromatic ring is 2. The van der Waals surface area contributed by atoms with Gasteiger partial charge in [0.1, 0.15) is 10.8 Å². The SMILES string of the molecule is Nc1cc(N)c(Nc2ccc(F)c(Br)c2)c(F)c1Cl. The third-order valence-electron chi connectivity index (χ3n) is 2.45. The number of hydrogen-bond donors (Lipinski definition) is 3. The molecule has 0 unspecified atom stereocenters. The molecule has 0 aliphatic rings. The van der Waals surface area contributed by atoms with E-state index >= 15 is 0 Å². The predicted molar refractivity (Wildman–Crippen MR) is 77.6 cm³/mol. The first-order chi connectivity index (χ1) is 8.90. The van der Waals surface area contributed by atoms with Crippen molar-refractivity contribution in [3.63, 3.8) is 0 Å². The molecule has 0 aromatic heterocycles. The van der Waals surface area contributed by atoms with E-state index in [1.807, 2.05) is 0 Å². The highest BCUT2D eigenvalue weighted by atomic mass is 79.9. The van der Waals surface area contributed by atoms with Crippen molar-refractivity contribution in [1.82, 2.24) is 0 Å². The Morgan fingerprint density at radius 3 is 2.42 bits per heavy atom. The molecule has 5 N–H and O–H groups in total. The van der Waals surface area contributed by atoms with Gasteiger partial charge >= 0.3 is 0 Å². The molecule has 7 heteroatoms.